The Kier molecular flexibility index (Phi) is 3.87. The molecular weight excluding hydrogens is 140 g/mol. The number of hydrogen-bond donors (Lipinski definition) is 1. The third-order valence-corrected chi connectivity index (χ3v) is 2.49. The minimum Gasteiger partial charge on any atom is -0.393 e. The predicted molar refractivity (Wildman–Crippen MR) is 44.5 cm³/mol. The van der Waals surface area contributed by atoms with Crippen LogP contribution >= 0.6 is 0 Å². The Morgan fingerprint density at radius 1 is 1.55 bits per heavy atom. The average molecular weight is 158 g/mol. The Hall–Kier alpha value is -0.0800. The summed E-state index contributed by atoms with van der Waals surface area (Å²) >= 11 is 0. The highest BCUT2D eigenvalue weighted by Gasteiger charge is 2.20. The lowest BCUT2D eigenvalue weighted by Crippen LogP contribution is -2.20. The van der Waals surface area contributed by atoms with Crippen LogP contribution in [0.25, 0.3) is 0 Å². The highest BCUT2D eigenvalue weighted by molar-refractivity contribution is 4.72. The summed E-state index contributed by atoms with van der Waals surface area (Å²) in [6, 6.07) is 0. The SMILES string of the molecule is COCCC(O)CC1CCC1. The van der Waals surface area contributed by atoms with E-state index in [0.717, 1.165) is 18.8 Å². The van der Waals surface area contributed by atoms with Crippen LogP contribution in [0.4, 0.5) is 0 Å². The minimum absolute atomic E-state index is 0.125. The molecule has 1 rings (SSSR count). The van der Waals surface area contributed by atoms with E-state index in [1.807, 2.05) is 0 Å². The number of hydrogen-bond acceptors (Lipinski definition) is 2. The molecule has 1 aliphatic carbocycles. The fourth-order valence-corrected chi connectivity index (χ4v) is 1.49. The van der Waals surface area contributed by atoms with Crippen molar-refractivity contribution in [3.05, 3.63) is 0 Å². The highest BCUT2D eigenvalue weighted by Crippen LogP contribution is 2.30. The standard InChI is InChI=1S/C9H18O2/c1-11-6-5-9(10)7-8-3-2-4-8/h8-10H,2-7H2,1H3. The van der Waals surface area contributed by atoms with Gasteiger partial charge in [-0.15, -0.1) is 0 Å². The van der Waals surface area contributed by atoms with Crippen LogP contribution in [0.15, 0.2) is 0 Å². The van der Waals surface area contributed by atoms with Crippen LogP contribution in [0.1, 0.15) is 32.1 Å². The van der Waals surface area contributed by atoms with Gasteiger partial charge in [0.15, 0.2) is 0 Å². The van der Waals surface area contributed by atoms with E-state index >= 15 is 0 Å². The molecule has 0 aliphatic heterocycles. The zero-order chi connectivity index (χ0) is 8.10. The molecular formula is C9H18O2. The van der Waals surface area contributed by atoms with Crippen LogP contribution in [-0.2, 0) is 4.74 Å². The molecule has 1 unspecified atom stereocenters. The van der Waals surface area contributed by atoms with Gasteiger partial charge < -0.3 is 9.84 Å². The molecule has 1 saturated carbocycles. The summed E-state index contributed by atoms with van der Waals surface area (Å²) in [4.78, 5) is 0. The molecule has 0 saturated heterocycles. The first-order valence-corrected chi connectivity index (χ1v) is 4.50. The number of aliphatic hydroxyl groups excluding tert-OH is 1. The topological polar surface area (TPSA) is 29.5 Å². The molecule has 2 nitrogen and oxygen atoms in total. The van der Waals surface area contributed by atoms with Crippen molar-refractivity contribution in [1.82, 2.24) is 0 Å². The monoisotopic (exact) mass is 158 g/mol. The lowest BCUT2D eigenvalue weighted by atomic mass is 9.81. The Balaban J connectivity index is 1.95. The van der Waals surface area contributed by atoms with E-state index in [4.69, 9.17) is 4.74 Å². The van der Waals surface area contributed by atoms with Gasteiger partial charge in [0.05, 0.1) is 6.10 Å². The van der Waals surface area contributed by atoms with Crippen molar-refractivity contribution in [3.8, 4) is 0 Å². The van der Waals surface area contributed by atoms with Gasteiger partial charge in [-0.1, -0.05) is 19.3 Å². The first-order valence-electron chi connectivity index (χ1n) is 4.50. The molecule has 0 radical (unpaired) electrons. The van der Waals surface area contributed by atoms with Crippen molar-refractivity contribution in [3.63, 3.8) is 0 Å². The maximum Gasteiger partial charge on any atom is 0.0564 e. The molecule has 1 N–H and O–H groups in total. The van der Waals surface area contributed by atoms with Crippen LogP contribution in [-0.4, -0.2) is 24.9 Å². The molecule has 11 heavy (non-hydrogen) atoms. The molecule has 66 valence electrons. The normalized spacial score (nSPS) is 21.3. The maximum absolute atomic E-state index is 9.44. The van der Waals surface area contributed by atoms with Gasteiger partial charge in [-0.3, -0.25) is 0 Å². The molecule has 1 atom stereocenters. The second kappa shape index (κ2) is 4.73. The molecule has 0 aromatic carbocycles. The molecule has 1 fully saturated rings. The number of rotatable bonds is 5. The summed E-state index contributed by atoms with van der Waals surface area (Å²) < 4.78 is 4.89. The van der Waals surface area contributed by atoms with Gasteiger partial charge in [0.2, 0.25) is 0 Å². The quantitative estimate of drug-likeness (QED) is 0.658. The summed E-state index contributed by atoms with van der Waals surface area (Å²) in [5, 5.41) is 9.44. The van der Waals surface area contributed by atoms with Gasteiger partial charge in [0.25, 0.3) is 0 Å². The van der Waals surface area contributed by atoms with Crippen molar-refractivity contribution in [2.24, 2.45) is 5.92 Å². The van der Waals surface area contributed by atoms with Gasteiger partial charge in [0, 0.05) is 13.7 Å². The number of ether oxygens (including phenoxy) is 1. The van der Waals surface area contributed by atoms with E-state index in [0.29, 0.717) is 6.61 Å². The Morgan fingerprint density at radius 3 is 2.73 bits per heavy atom. The lowest BCUT2D eigenvalue weighted by Gasteiger charge is -2.27. The van der Waals surface area contributed by atoms with E-state index in [9.17, 15) is 5.11 Å². The summed E-state index contributed by atoms with van der Waals surface area (Å²) in [7, 11) is 1.68. The zero-order valence-electron chi connectivity index (χ0n) is 7.25. The van der Waals surface area contributed by atoms with Crippen LogP contribution < -0.4 is 0 Å². The smallest absolute Gasteiger partial charge is 0.0564 e. The maximum atomic E-state index is 9.44. The third-order valence-electron chi connectivity index (χ3n) is 2.49. The molecule has 1 aliphatic rings. The summed E-state index contributed by atoms with van der Waals surface area (Å²) in [5.41, 5.74) is 0. The third kappa shape index (κ3) is 3.21. The number of aliphatic hydroxyl groups is 1. The van der Waals surface area contributed by atoms with Gasteiger partial charge in [0.1, 0.15) is 0 Å². The molecule has 0 aromatic rings. The van der Waals surface area contributed by atoms with Crippen molar-refractivity contribution >= 4 is 0 Å². The Bertz CT molecular complexity index is 99.7. The molecule has 2 heteroatoms. The van der Waals surface area contributed by atoms with Crippen molar-refractivity contribution in [1.29, 1.82) is 0 Å². The van der Waals surface area contributed by atoms with Crippen LogP contribution in [0, 0.1) is 5.92 Å². The van der Waals surface area contributed by atoms with E-state index in [1.54, 1.807) is 7.11 Å². The average Bonchev–Trinajstić information content (AvgIpc) is 1.93. The first-order chi connectivity index (χ1) is 5.33. The predicted octanol–water partition coefficient (Wildman–Crippen LogP) is 1.57. The minimum atomic E-state index is -0.125. The van der Waals surface area contributed by atoms with Crippen LogP contribution in [0.5, 0.6) is 0 Å². The van der Waals surface area contributed by atoms with Crippen LogP contribution in [0.3, 0.4) is 0 Å². The second-order valence-corrected chi connectivity index (χ2v) is 3.47. The highest BCUT2D eigenvalue weighted by atomic mass is 16.5. The van der Waals surface area contributed by atoms with E-state index in [1.165, 1.54) is 19.3 Å². The molecule has 0 spiro atoms. The lowest BCUT2D eigenvalue weighted by molar-refractivity contribution is 0.0779. The van der Waals surface area contributed by atoms with Crippen molar-refractivity contribution < 1.29 is 9.84 Å². The Labute approximate surface area is 68.6 Å². The van der Waals surface area contributed by atoms with Gasteiger partial charge in [-0.05, 0) is 18.8 Å². The summed E-state index contributed by atoms with van der Waals surface area (Å²) in [6.45, 7) is 0.688. The van der Waals surface area contributed by atoms with Gasteiger partial charge in [-0.2, -0.15) is 0 Å². The summed E-state index contributed by atoms with van der Waals surface area (Å²) in [5.74, 6) is 0.807. The molecule has 0 heterocycles. The summed E-state index contributed by atoms with van der Waals surface area (Å²) in [6.07, 6.45) is 5.67. The fraction of sp³-hybridized carbons (Fsp3) is 1.00. The zero-order valence-corrected chi connectivity index (χ0v) is 7.25. The van der Waals surface area contributed by atoms with Crippen LogP contribution in [0.2, 0.25) is 0 Å². The molecule has 0 aromatic heterocycles. The van der Waals surface area contributed by atoms with Gasteiger partial charge in [-0.25, -0.2) is 0 Å². The fourth-order valence-electron chi connectivity index (χ4n) is 1.49. The van der Waals surface area contributed by atoms with Gasteiger partial charge >= 0.3 is 0 Å². The second-order valence-electron chi connectivity index (χ2n) is 3.47. The number of methoxy groups -OCH3 is 1. The van der Waals surface area contributed by atoms with E-state index in [2.05, 4.69) is 0 Å². The molecule has 0 bridgehead atoms. The Morgan fingerprint density at radius 2 is 2.27 bits per heavy atom. The molecule has 0 amide bonds. The van der Waals surface area contributed by atoms with Crippen molar-refractivity contribution in [2.45, 2.75) is 38.2 Å². The van der Waals surface area contributed by atoms with Crippen molar-refractivity contribution in [2.75, 3.05) is 13.7 Å². The first kappa shape index (κ1) is 9.01. The van der Waals surface area contributed by atoms with E-state index in [-0.39, 0.29) is 6.10 Å². The largest absolute Gasteiger partial charge is 0.393 e. The van der Waals surface area contributed by atoms with E-state index < -0.39 is 0 Å².